The normalized spacial score (nSPS) is 15.9. The van der Waals surface area contributed by atoms with Gasteiger partial charge in [0.25, 0.3) is 0 Å². The number of aromatic amines is 1. The summed E-state index contributed by atoms with van der Waals surface area (Å²) < 4.78 is 19.0. The van der Waals surface area contributed by atoms with E-state index in [-0.39, 0.29) is 24.2 Å². The number of hydrogen-bond acceptors (Lipinski definition) is 6. The Hall–Kier alpha value is -4.03. The first-order valence-electron chi connectivity index (χ1n) is 11.3. The number of likely N-dealkylation sites (tertiary alicyclic amines) is 1. The molecule has 8 nitrogen and oxygen atoms in total. The molecule has 1 saturated heterocycles. The summed E-state index contributed by atoms with van der Waals surface area (Å²) in [6.45, 7) is 2.12. The van der Waals surface area contributed by atoms with Crippen LogP contribution in [-0.2, 0) is 4.79 Å². The molecule has 1 amide bonds. The Kier molecular flexibility index (Phi) is 7.85. The van der Waals surface area contributed by atoms with Crippen LogP contribution in [0, 0.1) is 23.6 Å². The smallest absolute Gasteiger partial charge is 0.246 e. The molecule has 0 aliphatic carbocycles. The number of nitrogens with one attached hydrogen (secondary N) is 1. The van der Waals surface area contributed by atoms with Crippen LogP contribution in [0.2, 0.25) is 0 Å². The van der Waals surface area contributed by atoms with Gasteiger partial charge in [-0.25, -0.2) is 19.4 Å². The van der Waals surface area contributed by atoms with Crippen LogP contribution in [0.4, 0.5) is 10.2 Å². The van der Waals surface area contributed by atoms with Gasteiger partial charge in [-0.05, 0) is 44.6 Å². The largest absolute Gasteiger partial charge is 0.478 e. The first-order valence-corrected chi connectivity index (χ1v) is 11.3. The molecular weight excluding hydrogens is 447 g/mol. The zero-order valence-corrected chi connectivity index (χ0v) is 19.7. The highest BCUT2D eigenvalue weighted by Crippen LogP contribution is 2.23. The lowest BCUT2D eigenvalue weighted by Crippen LogP contribution is -2.27. The highest BCUT2D eigenvalue weighted by molar-refractivity contribution is 5.89. The van der Waals surface area contributed by atoms with Gasteiger partial charge in [0.15, 0.2) is 17.4 Å². The quantitative estimate of drug-likeness (QED) is 0.323. The van der Waals surface area contributed by atoms with Gasteiger partial charge in [-0.15, -0.1) is 0 Å². The average molecular weight is 475 g/mol. The lowest BCUT2D eigenvalue weighted by atomic mass is 10.1. The summed E-state index contributed by atoms with van der Waals surface area (Å²) in [6, 6.07) is 8.03. The molecule has 1 aliphatic rings. The molecule has 1 fully saturated rings. The summed E-state index contributed by atoms with van der Waals surface area (Å²) in [5.41, 5.74) is 1.26. The van der Waals surface area contributed by atoms with Crippen molar-refractivity contribution in [3.05, 3.63) is 60.3 Å². The molecular formula is C26H27FN6O2. The fourth-order valence-corrected chi connectivity index (χ4v) is 3.66. The second-order valence-corrected chi connectivity index (χ2v) is 8.44. The second-order valence-electron chi connectivity index (χ2n) is 8.44. The van der Waals surface area contributed by atoms with Gasteiger partial charge in [0.05, 0.1) is 11.1 Å². The van der Waals surface area contributed by atoms with E-state index < -0.39 is 5.82 Å². The van der Waals surface area contributed by atoms with Crippen molar-refractivity contribution in [2.45, 2.75) is 6.42 Å². The van der Waals surface area contributed by atoms with E-state index >= 15 is 0 Å². The summed E-state index contributed by atoms with van der Waals surface area (Å²) >= 11 is 0. The van der Waals surface area contributed by atoms with Crippen LogP contribution in [0.5, 0.6) is 5.75 Å². The van der Waals surface area contributed by atoms with Gasteiger partial charge in [0, 0.05) is 37.8 Å². The van der Waals surface area contributed by atoms with Crippen LogP contribution >= 0.6 is 0 Å². The number of halogens is 1. The van der Waals surface area contributed by atoms with E-state index in [9.17, 15) is 9.18 Å². The fourth-order valence-electron chi connectivity index (χ4n) is 3.66. The number of carbonyl (C=O) groups excluding carboxylic acids is 1. The maximum atomic E-state index is 13.6. The minimum Gasteiger partial charge on any atom is -0.478 e. The van der Waals surface area contributed by atoms with Crippen LogP contribution in [0.3, 0.4) is 0 Å². The van der Waals surface area contributed by atoms with E-state index in [2.05, 4.69) is 31.8 Å². The fraction of sp³-hybridized carbons (Fsp3) is 0.308. The number of rotatable bonds is 7. The van der Waals surface area contributed by atoms with Crippen molar-refractivity contribution in [2.75, 3.05) is 40.3 Å². The molecule has 4 rings (SSSR count). The van der Waals surface area contributed by atoms with Gasteiger partial charge in [-0.2, -0.15) is 0 Å². The first kappa shape index (κ1) is 24.1. The Balaban J connectivity index is 1.37. The molecule has 9 heteroatoms. The minimum absolute atomic E-state index is 0.0278. The number of H-pyrrole nitrogens is 1. The van der Waals surface area contributed by atoms with Crippen LogP contribution in [0.1, 0.15) is 12.1 Å². The third-order valence-electron chi connectivity index (χ3n) is 5.44. The highest BCUT2D eigenvalue weighted by Gasteiger charge is 2.23. The second kappa shape index (κ2) is 11.4. The molecule has 1 aromatic carbocycles. The molecule has 3 aromatic rings. The zero-order valence-electron chi connectivity index (χ0n) is 19.7. The van der Waals surface area contributed by atoms with E-state index in [1.54, 1.807) is 24.3 Å². The molecule has 3 heterocycles. The Bertz CT molecular complexity index is 1300. The minimum atomic E-state index is -0.423. The molecule has 0 radical (unpaired) electrons. The Labute approximate surface area is 203 Å². The standard InChI is InChI=1S/C26H27FN6O2/c1-32(2)12-5-10-24(34)33-13-11-19(17-33)16-28-25-21-15-20(31-26(21)30-18-29-25)7-6-14-35-23-9-4-3-8-22(23)27/h3-5,8-10,15-16,18-19H,11-14,17H2,1-2H3,(H,29,30,31)/b10-5+,28-16?. The molecule has 2 aromatic heterocycles. The lowest BCUT2D eigenvalue weighted by molar-refractivity contribution is -0.125. The number of ether oxygens (including phenoxy) is 1. The maximum absolute atomic E-state index is 13.6. The summed E-state index contributed by atoms with van der Waals surface area (Å²) in [4.78, 5) is 32.4. The number of nitrogens with zero attached hydrogens (tertiary/aromatic N) is 5. The van der Waals surface area contributed by atoms with Gasteiger partial charge in [-0.1, -0.05) is 24.1 Å². The molecule has 0 spiro atoms. The van der Waals surface area contributed by atoms with Crippen molar-refractivity contribution in [1.82, 2.24) is 24.8 Å². The van der Waals surface area contributed by atoms with Crippen LogP contribution in [-0.4, -0.2) is 77.2 Å². The number of likely N-dealkylation sites (N-methyl/N-ethyl adjacent to an activating group) is 1. The zero-order chi connectivity index (χ0) is 24.6. The molecule has 1 atom stereocenters. The summed E-state index contributed by atoms with van der Waals surface area (Å²) in [7, 11) is 3.92. The molecule has 1 N–H and O–H groups in total. The monoisotopic (exact) mass is 474 g/mol. The van der Waals surface area contributed by atoms with Gasteiger partial charge in [0.1, 0.15) is 18.6 Å². The number of hydrogen-bond donors (Lipinski definition) is 1. The van der Waals surface area contributed by atoms with Gasteiger partial charge in [-0.3, -0.25) is 4.79 Å². The van der Waals surface area contributed by atoms with Crippen molar-refractivity contribution >= 4 is 29.0 Å². The average Bonchev–Trinajstić information content (AvgIpc) is 3.48. The molecule has 0 bridgehead atoms. The Morgan fingerprint density at radius 2 is 2.23 bits per heavy atom. The lowest BCUT2D eigenvalue weighted by Gasteiger charge is -2.13. The van der Waals surface area contributed by atoms with E-state index in [0.717, 1.165) is 18.4 Å². The number of para-hydroxylation sites is 1. The number of aliphatic imine (C=N–C) groups is 1. The van der Waals surface area contributed by atoms with Gasteiger partial charge in [0.2, 0.25) is 5.91 Å². The predicted molar refractivity (Wildman–Crippen MR) is 133 cm³/mol. The maximum Gasteiger partial charge on any atom is 0.246 e. The van der Waals surface area contributed by atoms with Crippen molar-refractivity contribution < 1.29 is 13.9 Å². The van der Waals surface area contributed by atoms with Crippen molar-refractivity contribution in [3.63, 3.8) is 0 Å². The third kappa shape index (κ3) is 6.52. The van der Waals surface area contributed by atoms with Crippen LogP contribution in [0.15, 0.2) is 53.8 Å². The third-order valence-corrected chi connectivity index (χ3v) is 5.44. The number of amides is 1. The van der Waals surface area contributed by atoms with Crippen LogP contribution < -0.4 is 4.74 Å². The Morgan fingerprint density at radius 1 is 1.37 bits per heavy atom. The van der Waals surface area contributed by atoms with Crippen LogP contribution in [0.25, 0.3) is 11.0 Å². The SMILES string of the molecule is CN(C)C/C=C/C(=O)N1CCC(C=Nc2ncnc3[nH]c(C#CCOc4ccccc4F)cc23)C1. The van der Waals surface area contributed by atoms with Crippen molar-refractivity contribution in [1.29, 1.82) is 0 Å². The Morgan fingerprint density at radius 3 is 3.06 bits per heavy atom. The van der Waals surface area contributed by atoms with Crippen molar-refractivity contribution in [2.24, 2.45) is 10.9 Å². The van der Waals surface area contributed by atoms with E-state index in [1.807, 2.05) is 42.3 Å². The highest BCUT2D eigenvalue weighted by atomic mass is 19.1. The molecule has 1 unspecified atom stereocenters. The van der Waals surface area contributed by atoms with E-state index in [1.165, 1.54) is 12.4 Å². The number of carbonyl (C=O) groups is 1. The van der Waals surface area contributed by atoms with Crippen molar-refractivity contribution in [3.8, 4) is 17.6 Å². The topological polar surface area (TPSA) is 86.7 Å². The summed E-state index contributed by atoms with van der Waals surface area (Å²) in [6.07, 6.45) is 7.68. The molecule has 0 saturated carbocycles. The first-order chi connectivity index (χ1) is 17.0. The van der Waals surface area contributed by atoms with Gasteiger partial charge < -0.3 is 19.5 Å². The molecule has 35 heavy (non-hydrogen) atoms. The number of aromatic nitrogens is 3. The van der Waals surface area contributed by atoms with E-state index in [0.29, 0.717) is 30.2 Å². The number of benzene rings is 1. The van der Waals surface area contributed by atoms with E-state index in [4.69, 9.17) is 4.74 Å². The summed E-state index contributed by atoms with van der Waals surface area (Å²) in [5, 5.41) is 0.751. The molecule has 1 aliphatic heterocycles. The predicted octanol–water partition coefficient (Wildman–Crippen LogP) is 3.20. The van der Waals surface area contributed by atoms with Gasteiger partial charge >= 0.3 is 0 Å². The molecule has 180 valence electrons. The number of fused-ring (bicyclic) bond motifs is 1. The summed E-state index contributed by atoms with van der Waals surface area (Å²) in [5.74, 6) is 6.31.